The molecule has 0 heterocycles. The molecule has 2 aliphatic rings. The third kappa shape index (κ3) is 2.02. The fourth-order valence-corrected chi connectivity index (χ4v) is 4.28. The molecule has 0 bridgehead atoms. The van der Waals surface area contributed by atoms with Gasteiger partial charge in [0.15, 0.2) is 0 Å². The highest BCUT2D eigenvalue weighted by Crippen LogP contribution is 2.58. The average Bonchev–Trinajstić information content (AvgIpc) is 2.78. The molecule has 2 fully saturated rings. The van der Waals surface area contributed by atoms with E-state index in [0.717, 1.165) is 19.3 Å². The zero-order valence-corrected chi connectivity index (χ0v) is 11.5. The van der Waals surface area contributed by atoms with Gasteiger partial charge in [-0.05, 0) is 55.8 Å². The van der Waals surface area contributed by atoms with Crippen molar-refractivity contribution in [3.63, 3.8) is 0 Å². The summed E-state index contributed by atoms with van der Waals surface area (Å²) in [5, 5.41) is 29.7. The second kappa shape index (κ2) is 4.95. The van der Waals surface area contributed by atoms with Crippen LogP contribution >= 0.6 is 0 Å². The predicted octanol–water partition coefficient (Wildman–Crippen LogP) is 1.72. The summed E-state index contributed by atoms with van der Waals surface area (Å²) >= 11 is 0. The van der Waals surface area contributed by atoms with E-state index in [2.05, 4.69) is 13.5 Å². The van der Waals surface area contributed by atoms with Crippen molar-refractivity contribution in [2.75, 3.05) is 6.61 Å². The largest absolute Gasteiger partial charge is 0.396 e. The van der Waals surface area contributed by atoms with Crippen LogP contribution in [0, 0.1) is 23.2 Å². The topological polar surface area (TPSA) is 60.7 Å². The Morgan fingerprint density at radius 3 is 2.56 bits per heavy atom. The van der Waals surface area contributed by atoms with Gasteiger partial charge in [0.25, 0.3) is 0 Å². The summed E-state index contributed by atoms with van der Waals surface area (Å²) in [6.07, 6.45) is 2.30. The van der Waals surface area contributed by atoms with Crippen LogP contribution in [0.25, 0.3) is 0 Å². The van der Waals surface area contributed by atoms with Gasteiger partial charge in [-0.3, -0.25) is 0 Å². The summed E-state index contributed by atoms with van der Waals surface area (Å²) in [6.45, 7) is 8.25. The van der Waals surface area contributed by atoms with Crippen LogP contribution in [0.15, 0.2) is 12.2 Å². The second-order valence-electron chi connectivity index (χ2n) is 6.48. The van der Waals surface area contributed by atoms with Crippen molar-refractivity contribution >= 4 is 0 Å². The molecule has 3 nitrogen and oxygen atoms in total. The quantitative estimate of drug-likeness (QED) is 0.658. The Labute approximate surface area is 110 Å². The van der Waals surface area contributed by atoms with E-state index in [-0.39, 0.29) is 23.9 Å². The smallest absolute Gasteiger partial charge is 0.0830 e. The van der Waals surface area contributed by atoms with E-state index in [1.807, 2.05) is 6.92 Å². The Morgan fingerprint density at radius 2 is 2.06 bits per heavy atom. The number of allylic oxidation sites excluding steroid dienone is 1. The molecular formula is C15H26O3. The maximum Gasteiger partial charge on any atom is 0.0830 e. The zero-order valence-electron chi connectivity index (χ0n) is 11.5. The van der Waals surface area contributed by atoms with Crippen molar-refractivity contribution in [3.8, 4) is 0 Å². The number of aliphatic hydroxyl groups excluding tert-OH is 3. The van der Waals surface area contributed by atoms with Crippen LogP contribution in [-0.2, 0) is 0 Å². The predicted molar refractivity (Wildman–Crippen MR) is 71.0 cm³/mol. The van der Waals surface area contributed by atoms with Crippen molar-refractivity contribution in [3.05, 3.63) is 12.2 Å². The first-order valence-electron chi connectivity index (χ1n) is 7.04. The molecule has 0 radical (unpaired) electrons. The monoisotopic (exact) mass is 254 g/mol. The van der Waals surface area contributed by atoms with Gasteiger partial charge in [-0.1, -0.05) is 19.1 Å². The Morgan fingerprint density at radius 1 is 1.39 bits per heavy atom. The van der Waals surface area contributed by atoms with Gasteiger partial charge in [-0.2, -0.15) is 0 Å². The van der Waals surface area contributed by atoms with Gasteiger partial charge < -0.3 is 15.3 Å². The first-order chi connectivity index (χ1) is 8.42. The first-order valence-corrected chi connectivity index (χ1v) is 7.04. The van der Waals surface area contributed by atoms with Crippen molar-refractivity contribution in [1.29, 1.82) is 0 Å². The number of hydrogen-bond donors (Lipinski definition) is 3. The maximum atomic E-state index is 10.2. The third-order valence-corrected chi connectivity index (χ3v) is 5.65. The fourth-order valence-electron chi connectivity index (χ4n) is 4.28. The van der Waals surface area contributed by atoms with Gasteiger partial charge >= 0.3 is 0 Å². The minimum atomic E-state index is -0.688. The SMILES string of the molecule is C=C(C)[C@@H]1CC[C@]2(C1)[C@@H](CO)C[C@@H](O)[C@H](O)[C@H]2C. The number of hydrogen-bond acceptors (Lipinski definition) is 3. The molecule has 0 aliphatic heterocycles. The van der Waals surface area contributed by atoms with Crippen molar-refractivity contribution in [1.82, 2.24) is 0 Å². The summed E-state index contributed by atoms with van der Waals surface area (Å²) in [5.74, 6) is 0.655. The van der Waals surface area contributed by atoms with Crippen LogP contribution in [-0.4, -0.2) is 34.1 Å². The fraction of sp³-hybridized carbons (Fsp3) is 0.867. The van der Waals surface area contributed by atoms with Gasteiger partial charge in [-0.15, -0.1) is 0 Å². The number of aliphatic hydroxyl groups is 3. The van der Waals surface area contributed by atoms with Gasteiger partial charge in [0.2, 0.25) is 0 Å². The lowest BCUT2D eigenvalue weighted by molar-refractivity contribution is -0.135. The lowest BCUT2D eigenvalue weighted by atomic mass is 9.57. The van der Waals surface area contributed by atoms with Crippen LogP contribution in [0.3, 0.4) is 0 Å². The van der Waals surface area contributed by atoms with Crippen LogP contribution in [0.1, 0.15) is 39.5 Å². The van der Waals surface area contributed by atoms with E-state index in [1.54, 1.807) is 0 Å². The first kappa shape index (κ1) is 14.0. The van der Waals surface area contributed by atoms with E-state index in [1.165, 1.54) is 5.57 Å². The van der Waals surface area contributed by atoms with Crippen molar-refractivity contribution in [2.45, 2.75) is 51.7 Å². The summed E-state index contributed by atoms with van der Waals surface area (Å²) in [4.78, 5) is 0. The summed E-state index contributed by atoms with van der Waals surface area (Å²) in [6, 6.07) is 0. The molecule has 3 heteroatoms. The molecule has 0 unspecified atom stereocenters. The second-order valence-corrected chi connectivity index (χ2v) is 6.48. The molecule has 18 heavy (non-hydrogen) atoms. The van der Waals surface area contributed by atoms with Crippen LogP contribution in [0.5, 0.6) is 0 Å². The lowest BCUT2D eigenvalue weighted by Gasteiger charge is -2.50. The molecule has 6 atom stereocenters. The van der Waals surface area contributed by atoms with Crippen LogP contribution in [0.4, 0.5) is 0 Å². The summed E-state index contributed by atoms with van der Waals surface area (Å²) < 4.78 is 0. The van der Waals surface area contributed by atoms with Gasteiger partial charge in [-0.25, -0.2) is 0 Å². The third-order valence-electron chi connectivity index (χ3n) is 5.65. The highest BCUT2D eigenvalue weighted by atomic mass is 16.3. The van der Waals surface area contributed by atoms with Crippen LogP contribution < -0.4 is 0 Å². The van der Waals surface area contributed by atoms with Crippen molar-refractivity contribution in [2.24, 2.45) is 23.2 Å². The van der Waals surface area contributed by atoms with Gasteiger partial charge in [0, 0.05) is 6.61 Å². The molecule has 0 amide bonds. The highest BCUT2D eigenvalue weighted by Gasteiger charge is 2.54. The molecule has 0 saturated heterocycles. The molecule has 0 aromatic rings. The van der Waals surface area contributed by atoms with Gasteiger partial charge in [0.05, 0.1) is 12.2 Å². The maximum absolute atomic E-state index is 10.2. The molecular weight excluding hydrogens is 228 g/mol. The van der Waals surface area contributed by atoms with Crippen molar-refractivity contribution < 1.29 is 15.3 Å². The van der Waals surface area contributed by atoms with E-state index >= 15 is 0 Å². The minimum absolute atomic E-state index is 0.0169. The van der Waals surface area contributed by atoms with E-state index in [0.29, 0.717) is 12.3 Å². The number of rotatable bonds is 2. The molecule has 0 aromatic heterocycles. The Hall–Kier alpha value is -0.380. The summed E-state index contributed by atoms with van der Waals surface area (Å²) in [5.41, 5.74) is 1.19. The molecule has 104 valence electrons. The van der Waals surface area contributed by atoms with E-state index in [4.69, 9.17) is 0 Å². The molecule has 0 aromatic carbocycles. The normalized spacial score (nSPS) is 48.6. The molecule has 3 N–H and O–H groups in total. The molecule has 1 spiro atoms. The summed E-state index contributed by atoms with van der Waals surface area (Å²) in [7, 11) is 0. The zero-order chi connectivity index (χ0) is 13.5. The Bertz CT molecular complexity index is 324. The van der Waals surface area contributed by atoms with E-state index in [9.17, 15) is 15.3 Å². The van der Waals surface area contributed by atoms with Gasteiger partial charge in [0.1, 0.15) is 0 Å². The minimum Gasteiger partial charge on any atom is -0.396 e. The highest BCUT2D eigenvalue weighted by molar-refractivity contribution is 5.10. The molecule has 2 aliphatic carbocycles. The Balaban J connectivity index is 2.25. The standard InChI is InChI=1S/C15H26O3/c1-9(2)11-4-5-15(7-11)10(3)14(18)13(17)6-12(15)8-16/h10-14,16-18H,1,4-8H2,2-3H3/t10-,11-,12-,13-,14-,15-/m1/s1. The molecule has 2 saturated carbocycles. The van der Waals surface area contributed by atoms with Crippen LogP contribution in [0.2, 0.25) is 0 Å². The average molecular weight is 254 g/mol. The molecule has 2 rings (SSSR count). The van der Waals surface area contributed by atoms with E-state index < -0.39 is 12.2 Å². The Kier molecular flexibility index (Phi) is 3.86. The lowest BCUT2D eigenvalue weighted by Crippen LogP contribution is -2.53.